The van der Waals surface area contributed by atoms with Crippen LogP contribution in [-0.2, 0) is 19.4 Å². The van der Waals surface area contributed by atoms with Gasteiger partial charge in [0.2, 0.25) is 11.8 Å². The minimum atomic E-state index is -3.42. The van der Waals surface area contributed by atoms with E-state index in [1.807, 2.05) is 48.6 Å². The molecule has 0 bridgehead atoms. The van der Waals surface area contributed by atoms with Crippen molar-refractivity contribution in [3.05, 3.63) is 53.4 Å². The molecule has 0 spiro atoms. The van der Waals surface area contributed by atoms with Gasteiger partial charge in [-0.1, -0.05) is 18.2 Å². The number of aryl methyl sites for hydroxylation is 1. The average Bonchev–Trinajstić information content (AvgIpc) is 3.17. The summed E-state index contributed by atoms with van der Waals surface area (Å²) in [5, 5.41) is 7.42. The first-order chi connectivity index (χ1) is 15.0. The summed E-state index contributed by atoms with van der Waals surface area (Å²) in [7, 11) is 0.484. The molecule has 1 heterocycles. The molecule has 0 aliphatic rings. The first-order valence-electron chi connectivity index (χ1n) is 9.66. The molecule has 8 nitrogen and oxygen atoms in total. The van der Waals surface area contributed by atoms with Crippen LogP contribution in [0.5, 0.6) is 0 Å². The molecule has 0 aliphatic carbocycles. The Labute approximate surface area is 191 Å². The Hall–Kier alpha value is -3.24. The fourth-order valence-electron chi connectivity index (χ4n) is 3.00. The zero-order valence-electron chi connectivity index (χ0n) is 18.2. The molecule has 3 rings (SSSR count). The SMILES string of the molecule is Cc1ccc(NC(=O)CC(=O)Nc2nc(-c3cccc(N(C)C)c3)cs2)cc1S(C)(=O)=O. The van der Waals surface area contributed by atoms with Crippen molar-refractivity contribution in [2.45, 2.75) is 18.2 Å². The first kappa shape index (κ1) is 23.4. The summed E-state index contributed by atoms with van der Waals surface area (Å²) in [6.45, 7) is 1.68. The summed E-state index contributed by atoms with van der Waals surface area (Å²) < 4.78 is 23.7. The third-order valence-corrected chi connectivity index (χ3v) is 6.60. The van der Waals surface area contributed by atoms with Gasteiger partial charge in [-0.05, 0) is 36.8 Å². The van der Waals surface area contributed by atoms with Gasteiger partial charge in [0.05, 0.1) is 10.6 Å². The van der Waals surface area contributed by atoms with Crippen molar-refractivity contribution >= 4 is 49.5 Å². The van der Waals surface area contributed by atoms with Crippen LogP contribution in [0.4, 0.5) is 16.5 Å². The fourth-order valence-corrected chi connectivity index (χ4v) is 4.73. The summed E-state index contributed by atoms with van der Waals surface area (Å²) in [6, 6.07) is 12.4. The van der Waals surface area contributed by atoms with Crippen LogP contribution in [0.25, 0.3) is 11.3 Å². The molecule has 10 heteroatoms. The largest absolute Gasteiger partial charge is 0.378 e. The third-order valence-electron chi connectivity index (χ3n) is 4.60. The van der Waals surface area contributed by atoms with Gasteiger partial charge in [-0.3, -0.25) is 9.59 Å². The molecule has 0 radical (unpaired) electrons. The molecule has 168 valence electrons. The van der Waals surface area contributed by atoms with Crippen LogP contribution in [0.1, 0.15) is 12.0 Å². The van der Waals surface area contributed by atoms with E-state index < -0.39 is 28.1 Å². The predicted molar refractivity (Wildman–Crippen MR) is 128 cm³/mol. The second-order valence-corrected chi connectivity index (χ2v) is 10.4. The smallest absolute Gasteiger partial charge is 0.235 e. The van der Waals surface area contributed by atoms with Crippen LogP contribution < -0.4 is 15.5 Å². The summed E-state index contributed by atoms with van der Waals surface area (Å²) in [5.41, 5.74) is 3.58. The second-order valence-electron chi connectivity index (χ2n) is 7.51. The Bertz CT molecular complexity index is 1270. The monoisotopic (exact) mass is 472 g/mol. The van der Waals surface area contributed by atoms with Crippen molar-refractivity contribution in [3.63, 3.8) is 0 Å². The maximum atomic E-state index is 12.3. The molecular weight excluding hydrogens is 448 g/mol. The van der Waals surface area contributed by atoms with Crippen molar-refractivity contribution < 1.29 is 18.0 Å². The lowest BCUT2D eigenvalue weighted by Crippen LogP contribution is -2.21. The van der Waals surface area contributed by atoms with E-state index >= 15 is 0 Å². The van der Waals surface area contributed by atoms with Gasteiger partial charge in [-0.15, -0.1) is 11.3 Å². The number of aromatic nitrogens is 1. The minimum absolute atomic E-state index is 0.133. The molecule has 32 heavy (non-hydrogen) atoms. The number of hydrogen-bond acceptors (Lipinski definition) is 7. The normalized spacial score (nSPS) is 11.1. The number of nitrogens with one attached hydrogen (secondary N) is 2. The summed E-state index contributed by atoms with van der Waals surface area (Å²) in [4.78, 5) is 31.1. The first-order valence-corrected chi connectivity index (χ1v) is 12.4. The van der Waals surface area contributed by atoms with Crippen molar-refractivity contribution in [3.8, 4) is 11.3 Å². The molecule has 0 saturated carbocycles. The highest BCUT2D eigenvalue weighted by Crippen LogP contribution is 2.27. The molecule has 0 atom stereocenters. The third kappa shape index (κ3) is 5.92. The topological polar surface area (TPSA) is 108 Å². The molecule has 0 saturated heterocycles. The number of thiazole rings is 1. The van der Waals surface area contributed by atoms with Crippen molar-refractivity contribution in [2.24, 2.45) is 0 Å². The van der Waals surface area contributed by atoms with Gasteiger partial charge in [-0.25, -0.2) is 13.4 Å². The quantitative estimate of drug-likeness (QED) is 0.509. The van der Waals surface area contributed by atoms with Crippen molar-refractivity contribution in [1.82, 2.24) is 4.98 Å². The summed E-state index contributed by atoms with van der Waals surface area (Å²) >= 11 is 1.27. The lowest BCUT2D eigenvalue weighted by molar-refractivity contribution is -0.123. The number of carbonyl (C=O) groups is 2. The zero-order chi connectivity index (χ0) is 23.5. The van der Waals surface area contributed by atoms with E-state index in [0.29, 0.717) is 16.4 Å². The Morgan fingerprint density at radius 1 is 1.06 bits per heavy atom. The van der Waals surface area contributed by atoms with Crippen LogP contribution in [-0.4, -0.2) is 45.6 Å². The highest BCUT2D eigenvalue weighted by atomic mass is 32.2. The Morgan fingerprint density at radius 2 is 1.78 bits per heavy atom. The molecule has 0 unspecified atom stereocenters. The number of benzene rings is 2. The lowest BCUT2D eigenvalue weighted by atomic mass is 10.1. The van der Waals surface area contributed by atoms with E-state index in [1.165, 1.54) is 17.4 Å². The molecule has 3 aromatic rings. The highest BCUT2D eigenvalue weighted by Gasteiger charge is 2.15. The molecule has 0 aliphatic heterocycles. The average molecular weight is 473 g/mol. The van der Waals surface area contributed by atoms with Crippen LogP contribution in [0, 0.1) is 6.92 Å². The lowest BCUT2D eigenvalue weighted by Gasteiger charge is -2.12. The number of amides is 2. The molecule has 0 fully saturated rings. The predicted octanol–water partition coefficient (Wildman–Crippen LogP) is 3.56. The van der Waals surface area contributed by atoms with Gasteiger partial charge in [-0.2, -0.15) is 0 Å². The van der Waals surface area contributed by atoms with E-state index in [0.717, 1.165) is 23.2 Å². The van der Waals surface area contributed by atoms with Crippen LogP contribution in [0.15, 0.2) is 52.7 Å². The van der Waals surface area contributed by atoms with Gasteiger partial charge in [0.25, 0.3) is 0 Å². The van der Waals surface area contributed by atoms with E-state index in [2.05, 4.69) is 15.6 Å². The fraction of sp³-hybridized carbons (Fsp3) is 0.227. The van der Waals surface area contributed by atoms with Crippen LogP contribution in [0.2, 0.25) is 0 Å². The Balaban J connectivity index is 1.62. The second kappa shape index (κ2) is 9.49. The van der Waals surface area contributed by atoms with Gasteiger partial charge in [0, 0.05) is 42.7 Å². The number of rotatable bonds is 7. The maximum Gasteiger partial charge on any atom is 0.235 e. The number of nitrogens with zero attached hydrogens (tertiary/aromatic N) is 2. The van der Waals surface area contributed by atoms with E-state index in [9.17, 15) is 18.0 Å². The van der Waals surface area contributed by atoms with Gasteiger partial charge >= 0.3 is 0 Å². The number of anilines is 3. The number of hydrogen-bond donors (Lipinski definition) is 2. The molecule has 2 amide bonds. The summed E-state index contributed by atoms with van der Waals surface area (Å²) in [5.74, 6) is -1.07. The van der Waals surface area contributed by atoms with Crippen LogP contribution >= 0.6 is 11.3 Å². The van der Waals surface area contributed by atoms with Gasteiger partial charge in [0.15, 0.2) is 15.0 Å². The van der Waals surface area contributed by atoms with Crippen LogP contribution in [0.3, 0.4) is 0 Å². The Morgan fingerprint density at radius 3 is 2.47 bits per heavy atom. The van der Waals surface area contributed by atoms with Gasteiger partial charge < -0.3 is 15.5 Å². The van der Waals surface area contributed by atoms with E-state index in [4.69, 9.17) is 0 Å². The summed E-state index contributed by atoms with van der Waals surface area (Å²) in [6.07, 6.45) is 0.681. The maximum absolute atomic E-state index is 12.3. The molecule has 2 N–H and O–H groups in total. The van der Waals surface area contributed by atoms with Crippen molar-refractivity contribution in [1.29, 1.82) is 0 Å². The molecule has 1 aromatic heterocycles. The molecular formula is C22H24N4O4S2. The minimum Gasteiger partial charge on any atom is -0.378 e. The molecule has 2 aromatic carbocycles. The van der Waals surface area contributed by atoms with E-state index in [-0.39, 0.29) is 4.90 Å². The standard InChI is InChI=1S/C22H24N4O4S2/c1-14-8-9-16(11-19(14)32(4,29)30)23-20(27)12-21(28)25-22-24-18(13-31-22)15-6-5-7-17(10-15)26(2)3/h5-11,13H,12H2,1-4H3,(H,23,27)(H,24,25,28). The number of sulfone groups is 1. The van der Waals surface area contributed by atoms with Crippen molar-refractivity contribution in [2.75, 3.05) is 35.9 Å². The number of carbonyl (C=O) groups excluding carboxylic acids is 2. The Kier molecular flexibility index (Phi) is 6.95. The highest BCUT2D eigenvalue weighted by molar-refractivity contribution is 7.90. The van der Waals surface area contributed by atoms with E-state index in [1.54, 1.807) is 19.1 Å². The van der Waals surface area contributed by atoms with Gasteiger partial charge in [0.1, 0.15) is 6.42 Å². The zero-order valence-corrected chi connectivity index (χ0v) is 19.8.